The maximum absolute atomic E-state index is 13.6. The summed E-state index contributed by atoms with van der Waals surface area (Å²) in [5, 5.41) is 15.4. The predicted molar refractivity (Wildman–Crippen MR) is 249 cm³/mol. The molecule has 2 amide bonds. The Hall–Kier alpha value is -4.77. The van der Waals surface area contributed by atoms with Gasteiger partial charge in [-0.25, -0.2) is 19.6 Å². The molecule has 18 nitrogen and oxygen atoms in total. The fourth-order valence-electron chi connectivity index (χ4n) is 6.19. The maximum Gasteiger partial charge on any atom is 0.357 e. The number of rotatable bonds is 24. The Bertz CT molecular complexity index is 1810. The lowest BCUT2D eigenvalue weighted by Crippen LogP contribution is -2.50. The quantitative estimate of drug-likeness (QED) is 0.0260. The molecule has 2 aromatic rings. The van der Waals surface area contributed by atoms with Gasteiger partial charge in [-0.1, -0.05) is 114 Å². The first-order valence-electron chi connectivity index (χ1n) is 20.8. The molecule has 2 heterocycles. The first-order chi connectivity index (χ1) is 28.8. The van der Waals surface area contributed by atoms with E-state index in [4.69, 9.17) is 25.3 Å². The van der Waals surface area contributed by atoms with Crippen LogP contribution in [-0.2, 0) is 28.6 Å². The van der Waals surface area contributed by atoms with E-state index in [1.807, 2.05) is 76.2 Å². The molecule has 0 aromatic carbocycles. The molecule has 0 aliphatic carbocycles. The smallest absolute Gasteiger partial charge is 0.357 e. The van der Waals surface area contributed by atoms with Crippen LogP contribution < -0.4 is 5.32 Å². The number of amides is 2. The fourth-order valence-corrected chi connectivity index (χ4v) is 7.92. The largest absolute Gasteiger partial charge is 0.464 e. The molecule has 2 aromatic heterocycles. The van der Waals surface area contributed by atoms with E-state index in [1.165, 1.54) is 41.8 Å². The van der Waals surface area contributed by atoms with Crippen LogP contribution in [-0.4, -0.2) is 89.7 Å². The molecule has 63 heavy (non-hydrogen) atoms. The van der Waals surface area contributed by atoms with E-state index in [-0.39, 0.29) is 99.1 Å². The van der Waals surface area contributed by atoms with Crippen molar-refractivity contribution >= 4 is 52.4 Å². The van der Waals surface area contributed by atoms with Crippen molar-refractivity contribution < 1.29 is 38.2 Å². The van der Waals surface area contributed by atoms with Crippen molar-refractivity contribution in [1.82, 2.24) is 20.2 Å². The summed E-state index contributed by atoms with van der Waals surface area (Å²) >= 11 is 2.76. The Morgan fingerprint density at radius 3 is 1.62 bits per heavy atom. The van der Waals surface area contributed by atoms with Gasteiger partial charge in [-0.2, -0.15) is 0 Å². The van der Waals surface area contributed by atoms with Gasteiger partial charge in [0.1, 0.15) is 12.1 Å². The Morgan fingerprint density at radius 2 is 1.21 bits per heavy atom. The normalized spacial score (nSPS) is 14.4. The zero-order valence-electron chi connectivity index (χ0n) is 38.0. The summed E-state index contributed by atoms with van der Waals surface area (Å²) in [6.45, 7) is 21.3. The highest BCUT2D eigenvalue weighted by Crippen LogP contribution is 2.31. The Labute approximate surface area is 382 Å². The first kappa shape index (κ1) is 60.3. The van der Waals surface area contributed by atoms with Gasteiger partial charge in [-0.15, -0.1) is 22.7 Å². The molecule has 0 fully saturated rings. The molecular weight excluding hydrogens is 849 g/mol. The van der Waals surface area contributed by atoms with Crippen molar-refractivity contribution in [2.24, 2.45) is 33.9 Å². The molecule has 0 spiro atoms. The number of methoxy groups -OCH3 is 2. The number of carbonyl (C=O) groups is 5. The Kier molecular flexibility index (Phi) is 29.8. The minimum absolute atomic E-state index is 0. The van der Waals surface area contributed by atoms with Crippen LogP contribution in [0.2, 0.25) is 0 Å². The SMILES string of the molecule is C.C.CCCC(=O)OCN(C(=O)C(N=[N+]=[N-])[C@@H](C)CC)[C@H](C[C@@H](C)c1nc(C(=O)OC)cs1)C(C)C.CC[C@H](C)C(N=[N+]=[N-])C(=O)N[C@H](C[C@@H](C)c1nc(C(=O)OC)cs1)C(C)C. The molecule has 0 saturated carbocycles. The van der Waals surface area contributed by atoms with Crippen molar-refractivity contribution in [2.45, 2.75) is 166 Å². The van der Waals surface area contributed by atoms with Gasteiger partial charge in [-0.3, -0.25) is 14.4 Å². The highest BCUT2D eigenvalue weighted by molar-refractivity contribution is 7.10. The number of thiazole rings is 2. The molecule has 0 radical (unpaired) electrons. The summed E-state index contributed by atoms with van der Waals surface area (Å²) in [5.41, 5.74) is 18.4. The summed E-state index contributed by atoms with van der Waals surface area (Å²) in [7, 11) is 2.63. The van der Waals surface area contributed by atoms with Gasteiger partial charge in [0.2, 0.25) is 11.8 Å². The monoisotopic (exact) mass is 923 g/mol. The van der Waals surface area contributed by atoms with Gasteiger partial charge in [0.25, 0.3) is 0 Å². The van der Waals surface area contributed by atoms with Crippen molar-refractivity contribution in [3.63, 3.8) is 0 Å². The summed E-state index contributed by atoms with van der Waals surface area (Å²) < 4.78 is 14.9. The van der Waals surface area contributed by atoms with Gasteiger partial charge in [0.05, 0.1) is 24.2 Å². The predicted octanol–water partition coefficient (Wildman–Crippen LogP) is 10.9. The lowest BCUT2D eigenvalue weighted by molar-refractivity contribution is -0.157. The van der Waals surface area contributed by atoms with Gasteiger partial charge < -0.3 is 24.4 Å². The van der Waals surface area contributed by atoms with E-state index in [9.17, 15) is 24.0 Å². The van der Waals surface area contributed by atoms with Gasteiger partial charge >= 0.3 is 17.9 Å². The lowest BCUT2D eigenvalue weighted by Gasteiger charge is -2.37. The molecule has 20 heteroatoms. The first-order valence-corrected chi connectivity index (χ1v) is 22.5. The maximum atomic E-state index is 13.6. The minimum Gasteiger partial charge on any atom is -0.464 e. The minimum atomic E-state index is -0.901. The molecule has 0 bridgehead atoms. The number of hydrogen-bond acceptors (Lipinski definition) is 14. The molecule has 8 atom stereocenters. The average Bonchev–Trinajstić information content (AvgIpc) is 3.95. The number of ether oxygens (including phenoxy) is 3. The standard InChI is InChI=1S/C23H37N5O5S.C18H29N5O3S.2CH4/c1-8-10-19(29)33-13-28(22(30)20(26-27-24)15(5)9-2)18(14(3)4)11-16(6)21-25-17(12-34-21)23(31)32-7;1-7-11(4)15(22-23-19)16(24)20-13(10(2)3)8-12(5)17-21-14(9-27-17)18(25)26-6;;/h12,14-16,18,20H,8-11,13H2,1-7H3;9-13,15H,7-8H2,1-6H3,(H,20,24);2*1H4/t15-,16+,18+,20?;11-,12+,13+,15?;;/m00../s1. The van der Waals surface area contributed by atoms with E-state index in [1.54, 1.807) is 10.8 Å². The van der Waals surface area contributed by atoms with Crippen LogP contribution >= 0.6 is 22.7 Å². The Balaban J connectivity index is 0. The molecule has 0 aliphatic rings. The number of nitrogens with one attached hydrogen (secondary N) is 1. The van der Waals surface area contributed by atoms with Crippen LogP contribution in [0.4, 0.5) is 0 Å². The van der Waals surface area contributed by atoms with Crippen molar-refractivity contribution in [3.8, 4) is 0 Å². The van der Waals surface area contributed by atoms with Crippen LogP contribution in [0.15, 0.2) is 21.0 Å². The van der Waals surface area contributed by atoms with Crippen molar-refractivity contribution in [1.29, 1.82) is 0 Å². The van der Waals surface area contributed by atoms with Crippen molar-refractivity contribution in [3.05, 3.63) is 53.0 Å². The lowest BCUT2D eigenvalue weighted by atomic mass is 9.91. The van der Waals surface area contributed by atoms with E-state index in [0.717, 1.165) is 16.4 Å². The molecular formula is C43H74N10O8S2. The van der Waals surface area contributed by atoms with Crippen LogP contribution in [0.25, 0.3) is 20.9 Å². The molecule has 356 valence electrons. The van der Waals surface area contributed by atoms with Gasteiger partial charge in [0.15, 0.2) is 18.1 Å². The Morgan fingerprint density at radius 1 is 0.746 bits per heavy atom. The second kappa shape index (κ2) is 31.1. The second-order valence-electron chi connectivity index (χ2n) is 15.8. The summed E-state index contributed by atoms with van der Waals surface area (Å²) in [6.07, 6.45) is 3.48. The third kappa shape index (κ3) is 19.2. The highest BCUT2D eigenvalue weighted by atomic mass is 32.1. The number of esters is 3. The molecule has 0 aliphatic heterocycles. The summed E-state index contributed by atoms with van der Waals surface area (Å²) in [5.74, 6) is -1.98. The van der Waals surface area contributed by atoms with E-state index < -0.39 is 24.0 Å². The zero-order chi connectivity index (χ0) is 46.4. The van der Waals surface area contributed by atoms with E-state index >= 15 is 0 Å². The summed E-state index contributed by atoms with van der Waals surface area (Å²) in [4.78, 5) is 77.7. The number of azide groups is 2. The third-order valence-corrected chi connectivity index (χ3v) is 12.7. The highest BCUT2D eigenvalue weighted by Gasteiger charge is 2.35. The third-order valence-electron chi connectivity index (χ3n) is 10.5. The van der Waals surface area contributed by atoms with Crippen LogP contribution in [0.1, 0.15) is 172 Å². The average molecular weight is 923 g/mol. The zero-order valence-corrected chi connectivity index (χ0v) is 39.6. The number of nitrogens with zero attached hydrogens (tertiary/aromatic N) is 9. The molecule has 2 unspecified atom stereocenters. The van der Waals surface area contributed by atoms with Crippen LogP contribution in [0.5, 0.6) is 0 Å². The van der Waals surface area contributed by atoms with Crippen LogP contribution in [0.3, 0.4) is 0 Å². The van der Waals surface area contributed by atoms with Gasteiger partial charge in [0, 0.05) is 50.9 Å². The number of aromatic nitrogens is 2. The van der Waals surface area contributed by atoms with E-state index in [2.05, 4.69) is 35.3 Å². The van der Waals surface area contributed by atoms with Crippen LogP contribution in [0, 0.1) is 23.7 Å². The van der Waals surface area contributed by atoms with E-state index in [0.29, 0.717) is 31.4 Å². The number of carbonyl (C=O) groups excluding carboxylic acids is 5. The number of hydrogen-bond donors (Lipinski definition) is 1. The molecule has 1 N–H and O–H groups in total. The summed E-state index contributed by atoms with van der Waals surface area (Å²) in [6, 6.07) is -2.04. The van der Waals surface area contributed by atoms with Crippen molar-refractivity contribution in [2.75, 3.05) is 21.0 Å². The topological polar surface area (TPSA) is 252 Å². The van der Waals surface area contributed by atoms with Gasteiger partial charge in [-0.05, 0) is 54.0 Å². The molecule has 0 saturated heterocycles. The fraction of sp³-hybridized carbons (Fsp3) is 0.744. The molecule has 2 rings (SSSR count). The second-order valence-corrected chi connectivity index (χ2v) is 17.6.